The van der Waals surface area contributed by atoms with Crippen LogP contribution in [-0.2, 0) is 5.54 Å². The number of pyridine rings is 1. The Morgan fingerprint density at radius 3 is 2.27 bits per heavy atom. The maximum absolute atomic E-state index is 10.9. The van der Waals surface area contributed by atoms with Crippen molar-refractivity contribution in [2.45, 2.75) is 43.1 Å². The summed E-state index contributed by atoms with van der Waals surface area (Å²) >= 11 is 0. The van der Waals surface area contributed by atoms with Gasteiger partial charge in [0.15, 0.2) is 6.35 Å². The Labute approximate surface area is 198 Å². The standard InChI is InChI=1S/C26H38N6O/c1-29(2)26(21-7-5-4-6-8-21)13-11-25(12-14-26)20-32(24(33)28-25)22-9-10-23(27-19-22)31-17-15-30(3)16-18-31/h4-10,19,24,28,33H,11-18,20H2,1-3H3. The highest BCUT2D eigenvalue weighted by atomic mass is 16.3. The van der Waals surface area contributed by atoms with E-state index >= 15 is 0 Å². The average molecular weight is 451 g/mol. The van der Waals surface area contributed by atoms with Crippen LogP contribution >= 0.6 is 0 Å². The Balaban J connectivity index is 1.27. The molecule has 2 N–H and O–H groups in total. The van der Waals surface area contributed by atoms with Crippen molar-refractivity contribution in [3.05, 3.63) is 54.2 Å². The maximum Gasteiger partial charge on any atom is 0.184 e. The molecule has 0 radical (unpaired) electrons. The van der Waals surface area contributed by atoms with Crippen molar-refractivity contribution in [2.24, 2.45) is 0 Å². The number of hydrogen-bond acceptors (Lipinski definition) is 7. The molecule has 1 aromatic carbocycles. The molecule has 7 nitrogen and oxygen atoms in total. The van der Waals surface area contributed by atoms with Gasteiger partial charge in [-0.3, -0.25) is 10.2 Å². The van der Waals surface area contributed by atoms with Crippen LogP contribution in [0.25, 0.3) is 0 Å². The lowest BCUT2D eigenvalue weighted by Crippen LogP contribution is -2.54. The lowest BCUT2D eigenvalue weighted by Gasteiger charge is -2.49. The van der Waals surface area contributed by atoms with Crippen LogP contribution in [0.3, 0.4) is 0 Å². The molecule has 3 heterocycles. The Hall–Kier alpha value is -2.19. The lowest BCUT2D eigenvalue weighted by molar-refractivity contribution is 0.0513. The number of rotatable bonds is 4. The molecule has 2 saturated heterocycles. The van der Waals surface area contributed by atoms with Gasteiger partial charge in [0.25, 0.3) is 0 Å². The van der Waals surface area contributed by atoms with Crippen LogP contribution in [0.5, 0.6) is 0 Å². The molecule has 33 heavy (non-hydrogen) atoms. The number of aliphatic hydroxyl groups excluding tert-OH is 1. The number of aliphatic hydroxyl groups is 1. The number of nitrogens with zero attached hydrogens (tertiary/aromatic N) is 5. The molecular formula is C26H38N6O. The fraction of sp³-hybridized carbons (Fsp3) is 0.577. The number of benzene rings is 1. The molecule has 3 fully saturated rings. The van der Waals surface area contributed by atoms with Gasteiger partial charge in [-0.1, -0.05) is 30.3 Å². The average Bonchev–Trinajstić information content (AvgIpc) is 3.16. The molecule has 1 atom stereocenters. The predicted octanol–water partition coefficient (Wildman–Crippen LogP) is 2.29. The molecule has 1 saturated carbocycles. The third-order valence-electron chi connectivity index (χ3n) is 8.30. The van der Waals surface area contributed by atoms with Gasteiger partial charge < -0.3 is 19.8 Å². The van der Waals surface area contributed by atoms with E-state index in [0.717, 1.165) is 69.9 Å². The smallest absolute Gasteiger partial charge is 0.184 e. The summed E-state index contributed by atoms with van der Waals surface area (Å²) in [5.74, 6) is 1.03. The van der Waals surface area contributed by atoms with Gasteiger partial charge in [0.2, 0.25) is 0 Å². The van der Waals surface area contributed by atoms with Gasteiger partial charge in [0.05, 0.1) is 11.9 Å². The van der Waals surface area contributed by atoms with Crippen LogP contribution in [0.4, 0.5) is 11.5 Å². The molecule has 0 amide bonds. The van der Waals surface area contributed by atoms with Crippen LogP contribution in [-0.4, -0.2) is 85.6 Å². The molecule has 1 spiro atoms. The van der Waals surface area contributed by atoms with E-state index in [-0.39, 0.29) is 11.1 Å². The molecule has 5 rings (SSSR count). The van der Waals surface area contributed by atoms with Gasteiger partial charge in [0, 0.05) is 43.8 Å². The minimum atomic E-state index is -0.676. The van der Waals surface area contributed by atoms with E-state index in [0.29, 0.717) is 0 Å². The van der Waals surface area contributed by atoms with Crippen molar-refractivity contribution in [1.82, 2.24) is 20.1 Å². The summed E-state index contributed by atoms with van der Waals surface area (Å²) in [5, 5.41) is 14.5. The molecular weight excluding hydrogens is 412 g/mol. The summed E-state index contributed by atoms with van der Waals surface area (Å²) in [6.07, 6.45) is 5.44. The summed E-state index contributed by atoms with van der Waals surface area (Å²) in [6.45, 7) is 4.96. The summed E-state index contributed by atoms with van der Waals surface area (Å²) in [5.41, 5.74) is 2.36. The van der Waals surface area contributed by atoms with Crippen LogP contribution in [0.15, 0.2) is 48.7 Å². The number of hydrogen-bond donors (Lipinski definition) is 2. The first kappa shape index (κ1) is 22.6. The SMILES string of the molecule is CN1CCN(c2ccc(N3CC4(CCC(c5ccccc5)(N(C)C)CC4)NC3O)cn2)CC1. The molecule has 2 aliphatic heterocycles. The fourth-order valence-corrected chi connectivity index (χ4v) is 6.00. The fourth-order valence-electron chi connectivity index (χ4n) is 6.00. The Kier molecular flexibility index (Phi) is 6.07. The van der Waals surface area contributed by atoms with Crippen molar-refractivity contribution in [3.63, 3.8) is 0 Å². The quantitative estimate of drug-likeness (QED) is 0.741. The number of likely N-dealkylation sites (N-methyl/N-ethyl adjacent to an activating group) is 1. The van der Waals surface area contributed by atoms with Crippen molar-refractivity contribution >= 4 is 11.5 Å². The van der Waals surface area contributed by atoms with Crippen LogP contribution in [0.1, 0.15) is 31.2 Å². The summed E-state index contributed by atoms with van der Waals surface area (Å²) in [6, 6.07) is 15.1. The Morgan fingerprint density at radius 2 is 1.67 bits per heavy atom. The first-order valence-electron chi connectivity index (χ1n) is 12.3. The maximum atomic E-state index is 10.9. The van der Waals surface area contributed by atoms with E-state index in [9.17, 15) is 5.11 Å². The Bertz CT molecular complexity index is 918. The van der Waals surface area contributed by atoms with Gasteiger partial charge in [-0.15, -0.1) is 0 Å². The van der Waals surface area contributed by atoms with E-state index < -0.39 is 6.35 Å². The largest absolute Gasteiger partial charge is 0.361 e. The lowest BCUT2D eigenvalue weighted by atomic mass is 9.69. The highest BCUT2D eigenvalue weighted by molar-refractivity contribution is 5.52. The van der Waals surface area contributed by atoms with E-state index in [2.05, 4.69) is 88.5 Å². The second kappa shape index (κ2) is 8.87. The third kappa shape index (κ3) is 4.23. The second-order valence-electron chi connectivity index (χ2n) is 10.4. The molecule has 178 valence electrons. The number of piperazine rings is 1. The normalized spacial score (nSPS) is 31.0. The number of nitrogens with one attached hydrogen (secondary N) is 1. The van der Waals surface area contributed by atoms with Gasteiger partial charge >= 0.3 is 0 Å². The zero-order valence-electron chi connectivity index (χ0n) is 20.2. The van der Waals surface area contributed by atoms with E-state index in [1.807, 2.05) is 6.20 Å². The summed E-state index contributed by atoms with van der Waals surface area (Å²) < 4.78 is 0. The second-order valence-corrected chi connectivity index (χ2v) is 10.4. The van der Waals surface area contributed by atoms with Crippen molar-refractivity contribution < 1.29 is 5.11 Å². The minimum absolute atomic E-state index is 0.0538. The monoisotopic (exact) mass is 450 g/mol. The van der Waals surface area contributed by atoms with Gasteiger partial charge in [-0.25, -0.2) is 4.98 Å². The molecule has 1 aromatic heterocycles. The zero-order valence-corrected chi connectivity index (χ0v) is 20.2. The van der Waals surface area contributed by atoms with Crippen LogP contribution in [0, 0.1) is 0 Å². The summed E-state index contributed by atoms with van der Waals surface area (Å²) in [7, 11) is 6.56. The summed E-state index contributed by atoms with van der Waals surface area (Å²) in [4.78, 5) is 13.9. The molecule has 7 heteroatoms. The van der Waals surface area contributed by atoms with Gasteiger partial charge in [-0.05, 0) is 64.5 Å². The zero-order chi connectivity index (χ0) is 23.1. The van der Waals surface area contributed by atoms with Crippen LogP contribution < -0.4 is 15.1 Å². The van der Waals surface area contributed by atoms with Crippen molar-refractivity contribution in [1.29, 1.82) is 0 Å². The van der Waals surface area contributed by atoms with E-state index in [4.69, 9.17) is 4.98 Å². The number of anilines is 2. The third-order valence-corrected chi connectivity index (χ3v) is 8.30. The van der Waals surface area contributed by atoms with Gasteiger partial charge in [-0.2, -0.15) is 0 Å². The predicted molar refractivity (Wildman–Crippen MR) is 133 cm³/mol. The first-order chi connectivity index (χ1) is 15.9. The molecule has 0 bridgehead atoms. The highest BCUT2D eigenvalue weighted by Crippen LogP contribution is 2.46. The van der Waals surface area contributed by atoms with Crippen LogP contribution in [0.2, 0.25) is 0 Å². The molecule has 2 aromatic rings. The van der Waals surface area contributed by atoms with Crippen molar-refractivity contribution in [2.75, 3.05) is 63.7 Å². The molecule has 1 aliphatic carbocycles. The minimum Gasteiger partial charge on any atom is -0.361 e. The van der Waals surface area contributed by atoms with E-state index in [1.54, 1.807) is 0 Å². The van der Waals surface area contributed by atoms with E-state index in [1.165, 1.54) is 5.56 Å². The topological polar surface area (TPSA) is 58.1 Å². The number of aromatic nitrogens is 1. The molecule has 3 aliphatic rings. The van der Waals surface area contributed by atoms with Crippen molar-refractivity contribution in [3.8, 4) is 0 Å². The first-order valence-corrected chi connectivity index (χ1v) is 12.3. The van der Waals surface area contributed by atoms with Gasteiger partial charge in [0.1, 0.15) is 5.82 Å². The highest BCUT2D eigenvalue weighted by Gasteiger charge is 2.50. The Morgan fingerprint density at radius 1 is 0.970 bits per heavy atom. The molecule has 1 unspecified atom stereocenters.